The van der Waals surface area contributed by atoms with Crippen LogP contribution in [0.1, 0.15) is 52.1 Å². The standard InChI is InChI=1S/C13H20FN3/c1-13(2,3)11-10(14)12(16-8-15-11)17-9-6-4-5-7-9/h8-9H,4-7H2,1-3H3,(H,15,16,17). The molecule has 0 bridgehead atoms. The van der Waals surface area contributed by atoms with E-state index in [1.807, 2.05) is 20.8 Å². The first kappa shape index (κ1) is 12.3. The molecule has 0 atom stereocenters. The molecule has 1 aliphatic rings. The summed E-state index contributed by atoms with van der Waals surface area (Å²) in [6.07, 6.45) is 6.09. The molecule has 1 aromatic heterocycles. The minimum Gasteiger partial charge on any atom is -0.365 e. The molecule has 94 valence electrons. The van der Waals surface area contributed by atoms with Gasteiger partial charge in [0.2, 0.25) is 0 Å². The maximum absolute atomic E-state index is 14.2. The Morgan fingerprint density at radius 1 is 1.24 bits per heavy atom. The largest absolute Gasteiger partial charge is 0.365 e. The summed E-state index contributed by atoms with van der Waals surface area (Å²) >= 11 is 0. The molecule has 0 radical (unpaired) electrons. The fraction of sp³-hybridized carbons (Fsp3) is 0.692. The van der Waals surface area contributed by atoms with Gasteiger partial charge in [-0.2, -0.15) is 0 Å². The monoisotopic (exact) mass is 237 g/mol. The SMILES string of the molecule is CC(C)(C)c1ncnc(NC2CCCC2)c1F. The van der Waals surface area contributed by atoms with Crippen LogP contribution in [0.4, 0.5) is 10.2 Å². The van der Waals surface area contributed by atoms with Crippen LogP contribution in [0.25, 0.3) is 0 Å². The third kappa shape index (κ3) is 2.73. The maximum Gasteiger partial charge on any atom is 0.187 e. The van der Waals surface area contributed by atoms with Gasteiger partial charge in [0, 0.05) is 11.5 Å². The normalized spacial score (nSPS) is 17.4. The lowest BCUT2D eigenvalue weighted by molar-refractivity contribution is 0.498. The van der Waals surface area contributed by atoms with E-state index in [-0.39, 0.29) is 11.2 Å². The van der Waals surface area contributed by atoms with Crippen molar-refractivity contribution in [2.24, 2.45) is 0 Å². The van der Waals surface area contributed by atoms with E-state index < -0.39 is 0 Å². The number of hydrogen-bond donors (Lipinski definition) is 1. The van der Waals surface area contributed by atoms with E-state index in [4.69, 9.17) is 0 Å². The highest BCUT2D eigenvalue weighted by molar-refractivity contribution is 5.40. The number of aromatic nitrogens is 2. The van der Waals surface area contributed by atoms with Crippen molar-refractivity contribution < 1.29 is 4.39 Å². The molecule has 0 unspecified atom stereocenters. The Morgan fingerprint density at radius 2 is 1.88 bits per heavy atom. The summed E-state index contributed by atoms with van der Waals surface area (Å²) in [7, 11) is 0. The zero-order valence-corrected chi connectivity index (χ0v) is 10.8. The zero-order chi connectivity index (χ0) is 12.5. The van der Waals surface area contributed by atoms with E-state index in [1.54, 1.807) is 0 Å². The molecular weight excluding hydrogens is 217 g/mol. The number of rotatable bonds is 2. The van der Waals surface area contributed by atoms with E-state index >= 15 is 0 Å². The molecule has 1 N–H and O–H groups in total. The summed E-state index contributed by atoms with van der Waals surface area (Å²) in [5.74, 6) is 0.0590. The van der Waals surface area contributed by atoms with E-state index in [0.29, 0.717) is 17.6 Å². The maximum atomic E-state index is 14.2. The third-order valence-corrected chi connectivity index (χ3v) is 3.20. The first-order valence-corrected chi connectivity index (χ1v) is 6.26. The highest BCUT2D eigenvalue weighted by Gasteiger charge is 2.24. The lowest BCUT2D eigenvalue weighted by atomic mass is 9.91. The van der Waals surface area contributed by atoms with Crippen LogP contribution in [0.2, 0.25) is 0 Å². The first-order valence-electron chi connectivity index (χ1n) is 6.26. The van der Waals surface area contributed by atoms with Crippen LogP contribution >= 0.6 is 0 Å². The van der Waals surface area contributed by atoms with Gasteiger partial charge in [-0.15, -0.1) is 0 Å². The third-order valence-electron chi connectivity index (χ3n) is 3.20. The van der Waals surface area contributed by atoms with Crippen molar-refractivity contribution in [3.05, 3.63) is 17.8 Å². The molecule has 1 heterocycles. The molecule has 2 rings (SSSR count). The number of hydrogen-bond acceptors (Lipinski definition) is 3. The van der Waals surface area contributed by atoms with Gasteiger partial charge >= 0.3 is 0 Å². The number of nitrogens with zero attached hydrogens (tertiary/aromatic N) is 2. The van der Waals surface area contributed by atoms with Gasteiger partial charge in [0.1, 0.15) is 6.33 Å². The van der Waals surface area contributed by atoms with Crippen molar-refractivity contribution in [2.45, 2.75) is 57.9 Å². The van der Waals surface area contributed by atoms with Crippen LogP contribution in [0.5, 0.6) is 0 Å². The lowest BCUT2D eigenvalue weighted by Crippen LogP contribution is -2.21. The predicted molar refractivity (Wildman–Crippen MR) is 66.6 cm³/mol. The van der Waals surface area contributed by atoms with Gasteiger partial charge in [-0.05, 0) is 12.8 Å². The van der Waals surface area contributed by atoms with Gasteiger partial charge in [0.15, 0.2) is 11.6 Å². The molecule has 4 heteroatoms. The van der Waals surface area contributed by atoms with E-state index in [0.717, 1.165) is 12.8 Å². The van der Waals surface area contributed by atoms with Crippen molar-refractivity contribution >= 4 is 5.82 Å². The fourth-order valence-corrected chi connectivity index (χ4v) is 2.26. The van der Waals surface area contributed by atoms with Crippen LogP contribution in [-0.4, -0.2) is 16.0 Å². The summed E-state index contributed by atoms with van der Waals surface area (Å²) in [5, 5.41) is 3.20. The molecule has 1 saturated carbocycles. The second-order valence-electron chi connectivity index (χ2n) is 5.76. The lowest BCUT2D eigenvalue weighted by Gasteiger charge is -2.20. The first-order chi connectivity index (χ1) is 7.98. The quantitative estimate of drug-likeness (QED) is 0.857. The Balaban J connectivity index is 2.22. The van der Waals surface area contributed by atoms with E-state index in [1.165, 1.54) is 19.2 Å². The van der Waals surface area contributed by atoms with Gasteiger partial charge in [-0.3, -0.25) is 0 Å². The summed E-state index contributed by atoms with van der Waals surface area (Å²) in [6, 6.07) is 0.368. The Labute approximate surface area is 102 Å². The zero-order valence-electron chi connectivity index (χ0n) is 10.8. The van der Waals surface area contributed by atoms with Gasteiger partial charge in [-0.1, -0.05) is 33.6 Å². The molecule has 3 nitrogen and oxygen atoms in total. The smallest absolute Gasteiger partial charge is 0.187 e. The molecule has 17 heavy (non-hydrogen) atoms. The minimum absolute atomic E-state index is 0.293. The second-order valence-corrected chi connectivity index (χ2v) is 5.76. The summed E-state index contributed by atoms with van der Waals surface area (Å²) in [5.41, 5.74) is 0.187. The molecule has 1 fully saturated rings. The number of halogens is 1. The number of nitrogens with one attached hydrogen (secondary N) is 1. The van der Waals surface area contributed by atoms with Gasteiger partial charge in [0.05, 0.1) is 5.69 Å². The van der Waals surface area contributed by atoms with Crippen LogP contribution in [0, 0.1) is 5.82 Å². The average molecular weight is 237 g/mol. The molecule has 0 saturated heterocycles. The molecular formula is C13H20FN3. The average Bonchev–Trinajstić information content (AvgIpc) is 2.72. The van der Waals surface area contributed by atoms with Crippen molar-refractivity contribution in [2.75, 3.05) is 5.32 Å². The van der Waals surface area contributed by atoms with E-state index in [2.05, 4.69) is 15.3 Å². The molecule has 1 aromatic rings. The fourth-order valence-electron chi connectivity index (χ4n) is 2.26. The molecule has 0 aliphatic heterocycles. The second kappa shape index (κ2) is 4.59. The topological polar surface area (TPSA) is 37.8 Å². The van der Waals surface area contributed by atoms with Crippen molar-refractivity contribution in [3.63, 3.8) is 0 Å². The van der Waals surface area contributed by atoms with E-state index in [9.17, 15) is 4.39 Å². The summed E-state index contributed by atoms with van der Waals surface area (Å²) in [4.78, 5) is 8.08. The molecule has 0 aromatic carbocycles. The molecule has 1 aliphatic carbocycles. The summed E-state index contributed by atoms with van der Waals surface area (Å²) < 4.78 is 14.2. The van der Waals surface area contributed by atoms with Crippen LogP contribution in [-0.2, 0) is 5.41 Å². The Kier molecular flexibility index (Phi) is 3.31. The molecule has 0 spiro atoms. The Morgan fingerprint density at radius 3 is 2.47 bits per heavy atom. The van der Waals surface area contributed by atoms with Gasteiger partial charge in [0.25, 0.3) is 0 Å². The Bertz CT molecular complexity index is 392. The summed E-state index contributed by atoms with van der Waals surface area (Å²) in [6.45, 7) is 5.87. The molecule has 0 amide bonds. The Hall–Kier alpha value is -1.19. The number of anilines is 1. The van der Waals surface area contributed by atoms with Gasteiger partial charge < -0.3 is 5.32 Å². The highest BCUT2D eigenvalue weighted by Crippen LogP contribution is 2.27. The van der Waals surface area contributed by atoms with Gasteiger partial charge in [-0.25, -0.2) is 14.4 Å². The van der Waals surface area contributed by atoms with Crippen molar-refractivity contribution in [1.29, 1.82) is 0 Å². The van der Waals surface area contributed by atoms with Crippen LogP contribution in [0.3, 0.4) is 0 Å². The van der Waals surface area contributed by atoms with Crippen LogP contribution < -0.4 is 5.32 Å². The van der Waals surface area contributed by atoms with Crippen molar-refractivity contribution in [1.82, 2.24) is 9.97 Å². The van der Waals surface area contributed by atoms with Crippen LogP contribution in [0.15, 0.2) is 6.33 Å². The predicted octanol–water partition coefficient (Wildman–Crippen LogP) is 3.27. The highest BCUT2D eigenvalue weighted by atomic mass is 19.1. The minimum atomic E-state index is -0.299. The van der Waals surface area contributed by atoms with Crippen molar-refractivity contribution in [3.8, 4) is 0 Å².